The van der Waals surface area contributed by atoms with Crippen molar-refractivity contribution in [2.75, 3.05) is 31.7 Å². The molecule has 0 radical (unpaired) electrons. The van der Waals surface area contributed by atoms with E-state index >= 15 is 0 Å². The van der Waals surface area contributed by atoms with E-state index in [2.05, 4.69) is 10.6 Å². The number of hydrogen-bond donors (Lipinski definition) is 2. The lowest BCUT2D eigenvalue weighted by molar-refractivity contribution is -0.122. The SMILES string of the molecule is CCCOc1ccc(C(=O)Nc2cccc(OCC(=O)NCC)c2)cc1OCC. The monoisotopic (exact) mass is 400 g/mol. The van der Waals surface area contributed by atoms with E-state index < -0.39 is 0 Å². The van der Waals surface area contributed by atoms with Crippen molar-refractivity contribution < 1.29 is 23.8 Å². The number of likely N-dealkylation sites (N-methyl/N-ethyl adjacent to an activating group) is 1. The van der Waals surface area contributed by atoms with Crippen molar-refractivity contribution in [2.24, 2.45) is 0 Å². The molecular weight excluding hydrogens is 372 g/mol. The highest BCUT2D eigenvalue weighted by Gasteiger charge is 2.12. The molecule has 29 heavy (non-hydrogen) atoms. The Labute approximate surface area is 171 Å². The van der Waals surface area contributed by atoms with Crippen molar-refractivity contribution in [2.45, 2.75) is 27.2 Å². The average Bonchev–Trinajstić information content (AvgIpc) is 2.72. The number of anilines is 1. The average molecular weight is 400 g/mol. The van der Waals surface area contributed by atoms with E-state index in [-0.39, 0.29) is 18.4 Å². The minimum absolute atomic E-state index is 0.0812. The molecule has 7 nitrogen and oxygen atoms in total. The van der Waals surface area contributed by atoms with Crippen molar-refractivity contribution in [3.05, 3.63) is 48.0 Å². The standard InChI is InChI=1S/C22H28N2O5/c1-4-12-28-19-11-10-16(13-20(19)27-6-3)22(26)24-17-8-7-9-18(14-17)29-15-21(25)23-5-2/h7-11,13-14H,4-6,12,15H2,1-3H3,(H,23,25)(H,24,26). The molecular formula is C22H28N2O5. The lowest BCUT2D eigenvalue weighted by Gasteiger charge is -2.13. The molecule has 0 unspecified atom stereocenters. The molecule has 0 aliphatic carbocycles. The summed E-state index contributed by atoms with van der Waals surface area (Å²) in [5.74, 6) is 1.16. The van der Waals surface area contributed by atoms with Crippen LogP contribution in [0.2, 0.25) is 0 Å². The molecule has 0 fully saturated rings. The Morgan fingerprint density at radius 3 is 2.48 bits per heavy atom. The van der Waals surface area contributed by atoms with Gasteiger partial charge < -0.3 is 24.8 Å². The summed E-state index contributed by atoms with van der Waals surface area (Å²) in [6.45, 7) is 7.26. The Balaban J connectivity index is 2.06. The number of hydrogen-bond acceptors (Lipinski definition) is 5. The van der Waals surface area contributed by atoms with E-state index in [1.807, 2.05) is 20.8 Å². The van der Waals surface area contributed by atoms with Gasteiger partial charge in [0.05, 0.1) is 13.2 Å². The fraction of sp³-hybridized carbons (Fsp3) is 0.364. The second-order valence-corrected chi connectivity index (χ2v) is 6.17. The lowest BCUT2D eigenvalue weighted by atomic mass is 10.1. The van der Waals surface area contributed by atoms with Gasteiger partial charge in [0.15, 0.2) is 18.1 Å². The summed E-state index contributed by atoms with van der Waals surface area (Å²) in [6, 6.07) is 12.0. The number of ether oxygens (including phenoxy) is 3. The molecule has 0 heterocycles. The van der Waals surface area contributed by atoms with Crippen LogP contribution in [0.25, 0.3) is 0 Å². The molecule has 2 amide bonds. The molecule has 2 rings (SSSR count). The molecule has 2 aromatic rings. The molecule has 0 saturated heterocycles. The predicted molar refractivity (Wildman–Crippen MR) is 112 cm³/mol. The van der Waals surface area contributed by atoms with Gasteiger partial charge in [-0.15, -0.1) is 0 Å². The van der Waals surface area contributed by atoms with Crippen LogP contribution in [0.15, 0.2) is 42.5 Å². The Morgan fingerprint density at radius 1 is 0.931 bits per heavy atom. The Bertz CT molecular complexity index is 823. The molecule has 0 atom stereocenters. The summed E-state index contributed by atoms with van der Waals surface area (Å²) < 4.78 is 16.7. The molecule has 7 heteroatoms. The first kappa shape index (κ1) is 22.1. The highest BCUT2D eigenvalue weighted by molar-refractivity contribution is 6.04. The van der Waals surface area contributed by atoms with Crippen LogP contribution < -0.4 is 24.8 Å². The zero-order valence-electron chi connectivity index (χ0n) is 17.1. The molecule has 2 aromatic carbocycles. The minimum Gasteiger partial charge on any atom is -0.490 e. The Morgan fingerprint density at radius 2 is 1.76 bits per heavy atom. The fourth-order valence-corrected chi connectivity index (χ4v) is 2.51. The van der Waals surface area contributed by atoms with E-state index in [1.165, 1.54) is 0 Å². The number of nitrogens with one attached hydrogen (secondary N) is 2. The van der Waals surface area contributed by atoms with Gasteiger partial charge in [-0.05, 0) is 50.6 Å². The van der Waals surface area contributed by atoms with Crippen LogP contribution in [0, 0.1) is 0 Å². The van der Waals surface area contributed by atoms with E-state index in [1.54, 1.807) is 42.5 Å². The summed E-state index contributed by atoms with van der Waals surface area (Å²) in [5.41, 5.74) is 1.01. The molecule has 0 bridgehead atoms. The van der Waals surface area contributed by atoms with E-state index in [9.17, 15) is 9.59 Å². The highest BCUT2D eigenvalue weighted by Crippen LogP contribution is 2.29. The number of amides is 2. The van der Waals surface area contributed by atoms with E-state index in [0.29, 0.717) is 48.3 Å². The summed E-state index contributed by atoms with van der Waals surface area (Å²) in [5, 5.41) is 5.49. The quantitative estimate of drug-likeness (QED) is 0.601. The van der Waals surface area contributed by atoms with Gasteiger partial charge in [0, 0.05) is 23.9 Å². The predicted octanol–water partition coefficient (Wildman–Crippen LogP) is 3.64. The van der Waals surface area contributed by atoms with Gasteiger partial charge in [-0.3, -0.25) is 9.59 Å². The number of carbonyl (C=O) groups excluding carboxylic acids is 2. The van der Waals surface area contributed by atoms with Crippen LogP contribution in [0.3, 0.4) is 0 Å². The topological polar surface area (TPSA) is 85.9 Å². The summed E-state index contributed by atoms with van der Waals surface area (Å²) >= 11 is 0. The second kappa shape index (κ2) is 11.6. The summed E-state index contributed by atoms with van der Waals surface area (Å²) in [4.78, 5) is 24.2. The maximum absolute atomic E-state index is 12.6. The molecule has 2 N–H and O–H groups in total. The third-order valence-electron chi connectivity index (χ3n) is 3.80. The first-order chi connectivity index (χ1) is 14.1. The molecule has 0 spiro atoms. The number of benzene rings is 2. The first-order valence-electron chi connectivity index (χ1n) is 9.77. The smallest absolute Gasteiger partial charge is 0.257 e. The largest absolute Gasteiger partial charge is 0.490 e. The summed E-state index contributed by atoms with van der Waals surface area (Å²) in [7, 11) is 0. The van der Waals surface area contributed by atoms with Crippen molar-refractivity contribution in [1.29, 1.82) is 0 Å². The lowest BCUT2D eigenvalue weighted by Crippen LogP contribution is -2.28. The van der Waals surface area contributed by atoms with Crippen LogP contribution in [0.4, 0.5) is 5.69 Å². The van der Waals surface area contributed by atoms with Crippen molar-refractivity contribution in [3.63, 3.8) is 0 Å². The number of rotatable bonds is 11. The third kappa shape index (κ3) is 7.03. The minimum atomic E-state index is -0.283. The third-order valence-corrected chi connectivity index (χ3v) is 3.80. The van der Waals surface area contributed by atoms with Crippen LogP contribution in [0.1, 0.15) is 37.6 Å². The van der Waals surface area contributed by atoms with Crippen molar-refractivity contribution >= 4 is 17.5 Å². The zero-order valence-corrected chi connectivity index (χ0v) is 17.1. The van der Waals surface area contributed by atoms with Crippen LogP contribution in [-0.4, -0.2) is 38.2 Å². The van der Waals surface area contributed by atoms with E-state index in [4.69, 9.17) is 14.2 Å². The molecule has 0 aliphatic heterocycles. The maximum Gasteiger partial charge on any atom is 0.257 e. The zero-order chi connectivity index (χ0) is 21.1. The highest BCUT2D eigenvalue weighted by atomic mass is 16.5. The van der Waals surface area contributed by atoms with Gasteiger partial charge in [0.2, 0.25) is 0 Å². The van der Waals surface area contributed by atoms with Crippen molar-refractivity contribution in [3.8, 4) is 17.2 Å². The van der Waals surface area contributed by atoms with Crippen LogP contribution >= 0.6 is 0 Å². The van der Waals surface area contributed by atoms with Crippen LogP contribution in [0.5, 0.6) is 17.2 Å². The van der Waals surface area contributed by atoms with Gasteiger partial charge in [0.25, 0.3) is 11.8 Å². The van der Waals surface area contributed by atoms with Gasteiger partial charge in [-0.2, -0.15) is 0 Å². The molecule has 0 saturated carbocycles. The number of carbonyl (C=O) groups is 2. The van der Waals surface area contributed by atoms with Crippen LogP contribution in [-0.2, 0) is 4.79 Å². The second-order valence-electron chi connectivity index (χ2n) is 6.17. The van der Waals surface area contributed by atoms with Crippen molar-refractivity contribution in [1.82, 2.24) is 5.32 Å². The van der Waals surface area contributed by atoms with E-state index in [0.717, 1.165) is 6.42 Å². The van der Waals surface area contributed by atoms with Gasteiger partial charge in [-0.25, -0.2) is 0 Å². The molecule has 0 aliphatic rings. The molecule has 0 aromatic heterocycles. The Hall–Kier alpha value is -3.22. The fourth-order valence-electron chi connectivity index (χ4n) is 2.51. The van der Waals surface area contributed by atoms with Gasteiger partial charge >= 0.3 is 0 Å². The summed E-state index contributed by atoms with van der Waals surface area (Å²) in [6.07, 6.45) is 0.881. The Kier molecular flexibility index (Phi) is 8.82. The van der Waals surface area contributed by atoms with Gasteiger partial charge in [0.1, 0.15) is 5.75 Å². The normalized spacial score (nSPS) is 10.2. The van der Waals surface area contributed by atoms with Gasteiger partial charge in [-0.1, -0.05) is 13.0 Å². The first-order valence-corrected chi connectivity index (χ1v) is 9.77. The molecule has 156 valence electrons. The maximum atomic E-state index is 12.6.